The molecule has 2 heterocycles. The standard InChI is InChI=1S/C23H24N6O2/c1-30-16-10-9-15(20(11-16)31-2)13-24-23-25-18-6-4-3-5-17(18)22(27-23)26-21-12-19(28-29-21)14-7-8-14/h3-6,9-12,14H,7-8,13H2,1-2H3,(H3,24,25,26,27,28,29). The van der Waals surface area contributed by atoms with Crippen LogP contribution in [0.1, 0.15) is 30.0 Å². The zero-order valence-electron chi connectivity index (χ0n) is 17.5. The molecule has 158 valence electrons. The molecule has 8 heteroatoms. The van der Waals surface area contributed by atoms with E-state index in [-0.39, 0.29) is 0 Å². The smallest absolute Gasteiger partial charge is 0.225 e. The number of aromatic amines is 1. The zero-order chi connectivity index (χ0) is 21.2. The highest BCUT2D eigenvalue weighted by atomic mass is 16.5. The molecule has 0 bridgehead atoms. The van der Waals surface area contributed by atoms with Crippen molar-refractivity contribution in [3.8, 4) is 11.5 Å². The third-order valence-corrected chi connectivity index (χ3v) is 5.40. The predicted molar refractivity (Wildman–Crippen MR) is 120 cm³/mol. The predicted octanol–water partition coefficient (Wildman–Crippen LogP) is 4.60. The molecule has 4 aromatic rings. The maximum atomic E-state index is 5.49. The quantitative estimate of drug-likeness (QED) is 0.386. The molecule has 1 fully saturated rings. The van der Waals surface area contributed by atoms with Crippen LogP contribution in [0.25, 0.3) is 10.9 Å². The molecule has 2 aromatic heterocycles. The Morgan fingerprint density at radius 3 is 2.71 bits per heavy atom. The number of benzene rings is 2. The number of rotatable bonds is 8. The lowest BCUT2D eigenvalue weighted by atomic mass is 10.2. The fourth-order valence-electron chi connectivity index (χ4n) is 3.55. The Labute approximate surface area is 180 Å². The Kier molecular flexibility index (Phi) is 5.03. The summed E-state index contributed by atoms with van der Waals surface area (Å²) in [7, 11) is 3.28. The molecule has 3 N–H and O–H groups in total. The van der Waals surface area contributed by atoms with Crippen molar-refractivity contribution in [1.82, 2.24) is 20.2 Å². The summed E-state index contributed by atoms with van der Waals surface area (Å²) in [5.74, 6) is 4.10. The summed E-state index contributed by atoms with van der Waals surface area (Å²) in [5.41, 5.74) is 3.00. The summed E-state index contributed by atoms with van der Waals surface area (Å²) >= 11 is 0. The van der Waals surface area contributed by atoms with Crippen molar-refractivity contribution < 1.29 is 9.47 Å². The number of methoxy groups -OCH3 is 2. The molecule has 0 spiro atoms. The number of hydrogen-bond donors (Lipinski definition) is 3. The number of fused-ring (bicyclic) bond motifs is 1. The molecule has 1 aliphatic rings. The average Bonchev–Trinajstić information content (AvgIpc) is 3.56. The van der Waals surface area contributed by atoms with Crippen LogP contribution in [0.4, 0.5) is 17.6 Å². The summed E-state index contributed by atoms with van der Waals surface area (Å²) in [6, 6.07) is 15.7. The number of hydrogen-bond acceptors (Lipinski definition) is 7. The van der Waals surface area contributed by atoms with Gasteiger partial charge in [0.2, 0.25) is 5.95 Å². The lowest BCUT2D eigenvalue weighted by Crippen LogP contribution is -2.07. The van der Waals surface area contributed by atoms with E-state index >= 15 is 0 Å². The molecule has 0 radical (unpaired) electrons. The van der Waals surface area contributed by atoms with Crippen molar-refractivity contribution in [2.24, 2.45) is 0 Å². The summed E-state index contributed by atoms with van der Waals surface area (Å²) in [6.45, 7) is 0.513. The van der Waals surface area contributed by atoms with Gasteiger partial charge in [0.1, 0.15) is 17.3 Å². The second kappa shape index (κ2) is 8.14. The van der Waals surface area contributed by atoms with Crippen LogP contribution in [0.5, 0.6) is 11.5 Å². The van der Waals surface area contributed by atoms with Gasteiger partial charge < -0.3 is 20.1 Å². The highest BCUT2D eigenvalue weighted by molar-refractivity contribution is 5.91. The number of nitrogens with zero attached hydrogens (tertiary/aromatic N) is 3. The Morgan fingerprint density at radius 2 is 1.90 bits per heavy atom. The lowest BCUT2D eigenvalue weighted by molar-refractivity contribution is 0.391. The number of anilines is 3. The van der Waals surface area contributed by atoms with Crippen molar-refractivity contribution in [2.75, 3.05) is 24.9 Å². The van der Waals surface area contributed by atoms with E-state index in [1.165, 1.54) is 18.5 Å². The third kappa shape index (κ3) is 4.09. The van der Waals surface area contributed by atoms with Gasteiger partial charge in [-0.25, -0.2) is 4.98 Å². The summed E-state index contributed by atoms with van der Waals surface area (Å²) in [5, 5.41) is 15.1. The SMILES string of the molecule is COc1ccc(CNc2nc(Nc3cc(C4CC4)[nH]n3)c3ccccc3n2)c(OC)c1. The van der Waals surface area contributed by atoms with Gasteiger partial charge >= 0.3 is 0 Å². The summed E-state index contributed by atoms with van der Waals surface area (Å²) < 4.78 is 10.8. The lowest BCUT2D eigenvalue weighted by Gasteiger charge is -2.13. The van der Waals surface area contributed by atoms with Gasteiger partial charge in [-0.1, -0.05) is 12.1 Å². The maximum absolute atomic E-state index is 5.49. The van der Waals surface area contributed by atoms with E-state index in [0.29, 0.717) is 24.2 Å². The highest BCUT2D eigenvalue weighted by Gasteiger charge is 2.25. The topological polar surface area (TPSA) is 97.0 Å². The van der Waals surface area contributed by atoms with E-state index in [1.54, 1.807) is 14.2 Å². The van der Waals surface area contributed by atoms with Gasteiger partial charge in [0.05, 0.1) is 19.7 Å². The van der Waals surface area contributed by atoms with Gasteiger partial charge in [-0.15, -0.1) is 0 Å². The minimum absolute atomic E-state index is 0.513. The van der Waals surface area contributed by atoms with Crippen LogP contribution < -0.4 is 20.1 Å². The molecule has 8 nitrogen and oxygen atoms in total. The van der Waals surface area contributed by atoms with E-state index in [9.17, 15) is 0 Å². The van der Waals surface area contributed by atoms with Gasteiger partial charge in [-0.05, 0) is 37.1 Å². The zero-order valence-corrected chi connectivity index (χ0v) is 17.5. The first-order valence-corrected chi connectivity index (χ1v) is 10.3. The first kappa shape index (κ1) is 19.2. The summed E-state index contributed by atoms with van der Waals surface area (Å²) in [4.78, 5) is 9.39. The van der Waals surface area contributed by atoms with Crippen LogP contribution in [0.3, 0.4) is 0 Å². The molecular weight excluding hydrogens is 392 g/mol. The number of ether oxygens (including phenoxy) is 2. The average molecular weight is 416 g/mol. The number of H-pyrrole nitrogens is 1. The second-order valence-electron chi connectivity index (χ2n) is 7.55. The largest absolute Gasteiger partial charge is 0.497 e. The van der Waals surface area contributed by atoms with Crippen LogP contribution in [0.15, 0.2) is 48.5 Å². The summed E-state index contributed by atoms with van der Waals surface area (Å²) in [6.07, 6.45) is 2.45. The molecule has 0 atom stereocenters. The first-order valence-electron chi connectivity index (χ1n) is 10.3. The van der Waals surface area contributed by atoms with E-state index in [2.05, 4.69) is 31.9 Å². The van der Waals surface area contributed by atoms with Gasteiger partial charge in [-0.2, -0.15) is 10.1 Å². The van der Waals surface area contributed by atoms with Crippen molar-refractivity contribution >= 4 is 28.5 Å². The van der Waals surface area contributed by atoms with Gasteiger partial charge in [0.15, 0.2) is 5.82 Å². The van der Waals surface area contributed by atoms with Crippen molar-refractivity contribution in [2.45, 2.75) is 25.3 Å². The highest BCUT2D eigenvalue weighted by Crippen LogP contribution is 2.39. The van der Waals surface area contributed by atoms with E-state index in [1.807, 2.05) is 42.5 Å². The van der Waals surface area contributed by atoms with Crippen LogP contribution in [0.2, 0.25) is 0 Å². The van der Waals surface area contributed by atoms with Gasteiger partial charge in [0.25, 0.3) is 0 Å². The van der Waals surface area contributed by atoms with Crippen molar-refractivity contribution in [3.05, 3.63) is 59.8 Å². The second-order valence-corrected chi connectivity index (χ2v) is 7.55. The number of aromatic nitrogens is 4. The first-order chi connectivity index (χ1) is 15.2. The van der Waals surface area contributed by atoms with Crippen molar-refractivity contribution in [1.29, 1.82) is 0 Å². The molecule has 0 unspecified atom stereocenters. The van der Waals surface area contributed by atoms with E-state index < -0.39 is 0 Å². The maximum Gasteiger partial charge on any atom is 0.225 e. The Morgan fingerprint density at radius 1 is 1.03 bits per heavy atom. The van der Waals surface area contributed by atoms with Crippen LogP contribution in [-0.2, 0) is 6.54 Å². The third-order valence-electron chi connectivity index (χ3n) is 5.40. The Bertz CT molecular complexity index is 1220. The molecule has 2 aromatic carbocycles. The molecule has 1 saturated carbocycles. The van der Waals surface area contributed by atoms with Gasteiger partial charge in [0, 0.05) is 41.2 Å². The molecule has 0 saturated heterocycles. The Balaban J connectivity index is 1.41. The van der Waals surface area contributed by atoms with E-state index in [0.717, 1.165) is 33.8 Å². The minimum Gasteiger partial charge on any atom is -0.497 e. The molecule has 5 rings (SSSR count). The number of nitrogens with one attached hydrogen (secondary N) is 3. The fourth-order valence-corrected chi connectivity index (χ4v) is 3.55. The van der Waals surface area contributed by atoms with Crippen LogP contribution in [0, 0.1) is 0 Å². The molecule has 0 aliphatic heterocycles. The van der Waals surface area contributed by atoms with Gasteiger partial charge in [-0.3, -0.25) is 5.10 Å². The minimum atomic E-state index is 0.513. The molecule has 31 heavy (non-hydrogen) atoms. The molecule has 0 amide bonds. The Hall–Kier alpha value is -3.81. The van der Waals surface area contributed by atoms with E-state index in [4.69, 9.17) is 14.5 Å². The van der Waals surface area contributed by atoms with Crippen LogP contribution >= 0.6 is 0 Å². The molecular formula is C23H24N6O2. The van der Waals surface area contributed by atoms with Crippen LogP contribution in [-0.4, -0.2) is 34.4 Å². The molecule has 1 aliphatic carbocycles. The normalized spacial score (nSPS) is 13.2. The van der Waals surface area contributed by atoms with Crippen molar-refractivity contribution in [3.63, 3.8) is 0 Å². The fraction of sp³-hybridized carbons (Fsp3) is 0.261. The monoisotopic (exact) mass is 416 g/mol. The number of para-hydroxylation sites is 1.